The predicted octanol–water partition coefficient (Wildman–Crippen LogP) is 1.87. The average Bonchev–Trinajstić information content (AvgIpc) is 1.99. The predicted molar refractivity (Wildman–Crippen MR) is 48.0 cm³/mol. The van der Waals surface area contributed by atoms with Crippen molar-refractivity contribution in [2.24, 2.45) is 0 Å². The second-order valence-electron chi connectivity index (χ2n) is 3.79. The number of amides is 1. The third-order valence-corrected chi connectivity index (χ3v) is 3.04. The van der Waals surface area contributed by atoms with Crippen molar-refractivity contribution in [3.8, 4) is 0 Å². The van der Waals surface area contributed by atoms with Gasteiger partial charge < -0.3 is 4.90 Å². The van der Waals surface area contributed by atoms with Gasteiger partial charge in [0, 0.05) is 4.75 Å². The van der Waals surface area contributed by atoms with Gasteiger partial charge in [0.15, 0.2) is 0 Å². The summed E-state index contributed by atoms with van der Waals surface area (Å²) in [6.07, 6.45) is 0.891. The van der Waals surface area contributed by atoms with Gasteiger partial charge in [0.05, 0.1) is 11.4 Å². The fraction of sp³-hybridized carbons (Fsp3) is 0.750. The summed E-state index contributed by atoms with van der Waals surface area (Å²) in [7, 11) is 0. The van der Waals surface area contributed by atoms with E-state index in [1.165, 1.54) is 0 Å². The number of carbonyl (C=O) groups is 1. The largest absolute Gasteiger partial charge is 0.325 e. The minimum Gasteiger partial charge on any atom is -0.325 e. The molecule has 63 valence electrons. The van der Waals surface area contributed by atoms with Crippen LogP contribution in [0.4, 0.5) is 0 Å². The maximum absolute atomic E-state index is 10.6. The van der Waals surface area contributed by atoms with E-state index in [2.05, 4.69) is 27.7 Å². The van der Waals surface area contributed by atoms with Crippen molar-refractivity contribution >= 4 is 18.2 Å². The Kier molecular flexibility index (Phi) is 1.95. The first kappa shape index (κ1) is 8.91. The van der Waals surface area contributed by atoms with E-state index >= 15 is 0 Å². The standard InChI is InChI=1S/C8H14NOS/c1-7(2)5-9(6-10)8(3,4)11-7/h5-6H,1-4H3. The molecule has 0 saturated carbocycles. The molecule has 0 aromatic heterocycles. The number of hydrogen-bond donors (Lipinski definition) is 0. The molecule has 0 N–H and O–H groups in total. The molecule has 0 bridgehead atoms. The molecule has 0 aliphatic carbocycles. The summed E-state index contributed by atoms with van der Waals surface area (Å²) in [5, 5.41) is 0. The molecule has 1 rings (SSSR count). The molecule has 0 aromatic carbocycles. The van der Waals surface area contributed by atoms with Crippen LogP contribution in [0.5, 0.6) is 0 Å². The van der Waals surface area contributed by atoms with Gasteiger partial charge in [-0.3, -0.25) is 4.79 Å². The smallest absolute Gasteiger partial charge is 0.211 e. The summed E-state index contributed by atoms with van der Waals surface area (Å²) in [6.45, 7) is 10.3. The van der Waals surface area contributed by atoms with Gasteiger partial charge in [0.2, 0.25) is 6.41 Å². The average molecular weight is 172 g/mol. The summed E-state index contributed by atoms with van der Waals surface area (Å²) in [4.78, 5) is 12.2. The lowest BCUT2D eigenvalue weighted by molar-refractivity contribution is -0.118. The highest BCUT2D eigenvalue weighted by Gasteiger charge is 2.43. The summed E-state index contributed by atoms with van der Waals surface area (Å²) in [5.74, 6) is 0. The van der Waals surface area contributed by atoms with Crippen LogP contribution in [0.25, 0.3) is 0 Å². The molecule has 0 aromatic rings. The lowest BCUT2D eigenvalue weighted by Crippen LogP contribution is -2.32. The zero-order valence-corrected chi connectivity index (χ0v) is 8.23. The maximum Gasteiger partial charge on any atom is 0.211 e. The molecule has 3 heteroatoms. The van der Waals surface area contributed by atoms with Gasteiger partial charge >= 0.3 is 0 Å². The van der Waals surface area contributed by atoms with E-state index < -0.39 is 0 Å². The van der Waals surface area contributed by atoms with Crippen molar-refractivity contribution in [3.63, 3.8) is 0 Å². The Morgan fingerprint density at radius 2 is 1.91 bits per heavy atom. The number of hydrogen-bond acceptors (Lipinski definition) is 2. The van der Waals surface area contributed by atoms with Gasteiger partial charge in [-0.2, -0.15) is 0 Å². The highest BCUT2D eigenvalue weighted by atomic mass is 32.2. The first-order valence-electron chi connectivity index (χ1n) is 3.67. The topological polar surface area (TPSA) is 20.3 Å². The quantitative estimate of drug-likeness (QED) is 0.563. The van der Waals surface area contributed by atoms with Crippen LogP contribution in [-0.4, -0.2) is 20.9 Å². The van der Waals surface area contributed by atoms with Gasteiger partial charge in [-0.15, -0.1) is 11.8 Å². The Labute approximate surface area is 72.3 Å². The molecular weight excluding hydrogens is 158 g/mol. The SMILES string of the molecule is CC1(C)[CH]N(C=O)C(C)(C)S1. The van der Waals surface area contributed by atoms with E-state index in [9.17, 15) is 4.79 Å². The van der Waals surface area contributed by atoms with E-state index in [0.29, 0.717) is 0 Å². The van der Waals surface area contributed by atoms with Crippen LogP contribution < -0.4 is 0 Å². The molecule has 11 heavy (non-hydrogen) atoms. The van der Waals surface area contributed by atoms with Crippen molar-refractivity contribution in [1.29, 1.82) is 0 Å². The van der Waals surface area contributed by atoms with Crippen LogP contribution >= 0.6 is 11.8 Å². The summed E-state index contributed by atoms with van der Waals surface area (Å²) >= 11 is 1.80. The second-order valence-corrected chi connectivity index (χ2v) is 6.05. The van der Waals surface area contributed by atoms with Crippen LogP contribution in [0.3, 0.4) is 0 Å². The Morgan fingerprint density at radius 1 is 1.36 bits per heavy atom. The maximum atomic E-state index is 10.6. The molecular formula is C8H14NOS. The fourth-order valence-corrected chi connectivity index (χ4v) is 3.03. The van der Waals surface area contributed by atoms with Crippen LogP contribution in [0.2, 0.25) is 0 Å². The molecule has 1 heterocycles. The lowest BCUT2D eigenvalue weighted by Gasteiger charge is -2.25. The molecule has 1 amide bonds. The minimum absolute atomic E-state index is 0.0781. The summed E-state index contributed by atoms with van der Waals surface area (Å²) < 4.78 is 0.0877. The monoisotopic (exact) mass is 172 g/mol. The van der Waals surface area contributed by atoms with Crippen LogP contribution in [-0.2, 0) is 4.79 Å². The zero-order valence-electron chi connectivity index (χ0n) is 7.42. The van der Waals surface area contributed by atoms with Crippen molar-refractivity contribution in [1.82, 2.24) is 4.90 Å². The zero-order chi connectivity index (χ0) is 8.70. The third-order valence-electron chi connectivity index (χ3n) is 1.70. The Bertz CT molecular complexity index is 177. The number of nitrogens with zero attached hydrogens (tertiary/aromatic N) is 1. The fourth-order valence-electron chi connectivity index (χ4n) is 1.37. The lowest BCUT2D eigenvalue weighted by atomic mass is 10.2. The molecule has 1 aliphatic heterocycles. The molecule has 1 saturated heterocycles. The van der Waals surface area contributed by atoms with Crippen molar-refractivity contribution in [2.45, 2.75) is 37.3 Å². The molecule has 2 nitrogen and oxygen atoms in total. The van der Waals surface area contributed by atoms with Gasteiger partial charge in [0.25, 0.3) is 0 Å². The van der Waals surface area contributed by atoms with E-state index in [0.717, 1.165) is 6.41 Å². The first-order chi connectivity index (χ1) is 4.87. The first-order valence-corrected chi connectivity index (χ1v) is 4.49. The molecule has 1 aliphatic rings. The van der Waals surface area contributed by atoms with Crippen LogP contribution in [0, 0.1) is 6.54 Å². The second kappa shape index (κ2) is 2.41. The Balaban J connectivity index is 2.79. The number of carbonyl (C=O) groups excluding carboxylic acids is 1. The molecule has 1 radical (unpaired) electrons. The summed E-state index contributed by atoms with van der Waals surface area (Å²) in [6, 6.07) is 0. The number of rotatable bonds is 1. The van der Waals surface area contributed by atoms with Crippen molar-refractivity contribution < 1.29 is 4.79 Å². The number of thioether (sulfide) groups is 1. The van der Waals surface area contributed by atoms with E-state index in [1.54, 1.807) is 16.7 Å². The van der Waals surface area contributed by atoms with Gasteiger partial charge in [-0.05, 0) is 27.7 Å². The van der Waals surface area contributed by atoms with Crippen LogP contribution in [0.15, 0.2) is 0 Å². The normalized spacial score (nSPS) is 27.1. The van der Waals surface area contributed by atoms with Gasteiger partial charge in [-0.25, -0.2) is 0 Å². The summed E-state index contributed by atoms with van der Waals surface area (Å²) in [5.41, 5.74) is 0. The Morgan fingerprint density at radius 3 is 2.09 bits per heavy atom. The molecule has 0 spiro atoms. The Hall–Kier alpha value is -0.180. The van der Waals surface area contributed by atoms with E-state index in [4.69, 9.17) is 0 Å². The molecule has 1 fully saturated rings. The van der Waals surface area contributed by atoms with Gasteiger partial charge in [0.1, 0.15) is 0 Å². The molecule has 0 unspecified atom stereocenters. The van der Waals surface area contributed by atoms with E-state index in [1.807, 2.05) is 6.54 Å². The molecule has 0 atom stereocenters. The van der Waals surface area contributed by atoms with Crippen molar-refractivity contribution in [2.75, 3.05) is 0 Å². The highest BCUT2D eigenvalue weighted by molar-refractivity contribution is 8.02. The minimum atomic E-state index is -0.0781. The highest BCUT2D eigenvalue weighted by Crippen LogP contribution is 2.48. The van der Waals surface area contributed by atoms with Gasteiger partial charge in [-0.1, -0.05) is 0 Å². The van der Waals surface area contributed by atoms with Crippen LogP contribution in [0.1, 0.15) is 27.7 Å². The van der Waals surface area contributed by atoms with E-state index in [-0.39, 0.29) is 9.62 Å². The third kappa shape index (κ3) is 1.70. The van der Waals surface area contributed by atoms with Crippen molar-refractivity contribution in [3.05, 3.63) is 6.54 Å².